The number of oxime groups is 1. The van der Waals surface area contributed by atoms with Crippen LogP contribution in [0.2, 0.25) is 0 Å². The van der Waals surface area contributed by atoms with Gasteiger partial charge in [0.25, 0.3) is 11.8 Å². The summed E-state index contributed by atoms with van der Waals surface area (Å²) in [5.74, 6) is -6.34. The van der Waals surface area contributed by atoms with Crippen molar-refractivity contribution in [2.45, 2.75) is 42.6 Å². The average Bonchev–Trinajstić information content (AvgIpc) is 3.94. The van der Waals surface area contributed by atoms with E-state index in [1.807, 2.05) is 67.6 Å². The first-order valence-electron chi connectivity index (χ1n) is 19.1. The van der Waals surface area contributed by atoms with E-state index in [1.54, 1.807) is 0 Å². The summed E-state index contributed by atoms with van der Waals surface area (Å²) in [5, 5.41) is 16.7. The average molecular weight is 960 g/mol. The van der Waals surface area contributed by atoms with Crippen molar-refractivity contribution in [2.75, 3.05) is 22.7 Å². The Morgan fingerprint density at radius 2 is 1.66 bits per heavy atom. The second-order valence-corrected chi connectivity index (χ2v) is 17.4. The molecule has 0 spiro atoms. The smallest absolute Gasteiger partial charge is 0.366 e. The summed E-state index contributed by atoms with van der Waals surface area (Å²) in [6.45, 7) is 3.98. The Balaban J connectivity index is 1.09. The highest BCUT2D eigenvalue weighted by atomic mass is 35.5. The summed E-state index contributed by atoms with van der Waals surface area (Å²) in [7, 11) is 0. The van der Waals surface area contributed by atoms with Crippen LogP contribution >= 0.6 is 46.5 Å². The van der Waals surface area contributed by atoms with Gasteiger partial charge in [-0.05, 0) is 35.8 Å². The molecule has 2 aliphatic rings. The van der Waals surface area contributed by atoms with E-state index in [0.29, 0.717) is 27.6 Å². The van der Waals surface area contributed by atoms with Crippen LogP contribution in [0.4, 0.5) is 6.01 Å². The Kier molecular flexibility index (Phi) is 14.7. The highest BCUT2D eigenvalue weighted by Gasteiger charge is 2.54. The van der Waals surface area contributed by atoms with Crippen LogP contribution in [0.5, 0.6) is 11.5 Å². The Morgan fingerprint density at radius 3 is 2.29 bits per heavy atom. The maximum absolute atomic E-state index is 14.3. The molecule has 0 aliphatic carbocycles. The fraction of sp³-hybridized carbons (Fsp3) is 0.214. The van der Waals surface area contributed by atoms with Crippen molar-refractivity contribution in [3.8, 4) is 22.8 Å². The third-order valence-corrected chi connectivity index (χ3v) is 12.8. The van der Waals surface area contributed by atoms with Crippen molar-refractivity contribution >= 4 is 100 Å². The molecule has 3 amide bonds. The molecule has 0 unspecified atom stereocenters. The summed E-state index contributed by atoms with van der Waals surface area (Å²) in [5.41, 5.74) is 1.30. The topological polar surface area (TPSA) is 248 Å². The second kappa shape index (κ2) is 20.7. The number of hydrogen-bond donors (Lipinski definition) is 2. The van der Waals surface area contributed by atoms with Crippen LogP contribution in [0.15, 0.2) is 104 Å². The summed E-state index contributed by atoms with van der Waals surface area (Å²) in [4.78, 5) is 101. The third kappa shape index (κ3) is 10.9. The Bertz CT molecular complexity index is 2690. The van der Waals surface area contributed by atoms with Crippen molar-refractivity contribution in [1.82, 2.24) is 25.4 Å². The summed E-state index contributed by atoms with van der Waals surface area (Å²) < 4.78 is 22.7. The molecule has 65 heavy (non-hydrogen) atoms. The number of rotatable bonds is 16. The van der Waals surface area contributed by atoms with E-state index in [0.717, 1.165) is 48.4 Å². The number of benzene rings is 3. The van der Waals surface area contributed by atoms with Gasteiger partial charge in [0.15, 0.2) is 21.9 Å². The molecule has 334 valence electrons. The molecule has 19 nitrogen and oxygen atoms in total. The molecule has 2 N–H and O–H groups in total. The molecule has 0 bridgehead atoms. The lowest BCUT2D eigenvalue weighted by atomic mass is 10.0. The van der Waals surface area contributed by atoms with Crippen molar-refractivity contribution in [1.29, 1.82) is 0 Å². The standard InChI is InChI=1S/C42H34ClN7O12S3/c1-21-48-49-42(65-21)64-20-26-19-63-38-33(37(55)50(38)34(26)40(57)61-35(24-10-6-4-7-11-24)25-12-8-5-9-13-25)46-31(54)17-44-62-39(56)27-14-15-29(59-22(2)51)36(60-23(3)52)32(27)28-18-58-41(45-28)47-30(53)16-43/h4-15,17-18,33,35,38H,16,19-20H2,1-3H3,(H,46,54)(H,45,47,53)/t33-,38+/m1/s1. The molecular weight excluding hydrogens is 926 g/mol. The van der Waals surface area contributed by atoms with Gasteiger partial charge in [-0.1, -0.05) is 88.9 Å². The number of nitrogens with one attached hydrogen (secondary N) is 2. The fourth-order valence-electron chi connectivity index (χ4n) is 6.44. The number of nitrogens with zero attached hydrogens (tertiary/aromatic N) is 5. The predicted molar refractivity (Wildman–Crippen MR) is 236 cm³/mol. The molecule has 2 aromatic heterocycles. The van der Waals surface area contributed by atoms with Crippen LogP contribution in [-0.2, 0) is 38.3 Å². The first kappa shape index (κ1) is 46.1. The van der Waals surface area contributed by atoms with Gasteiger partial charge in [0.1, 0.15) is 46.2 Å². The Labute approximate surface area is 386 Å². The molecule has 0 radical (unpaired) electrons. The van der Waals surface area contributed by atoms with E-state index in [1.165, 1.54) is 39.8 Å². The maximum atomic E-state index is 14.3. The molecule has 5 aromatic rings. The van der Waals surface area contributed by atoms with Gasteiger partial charge < -0.3 is 28.8 Å². The van der Waals surface area contributed by atoms with E-state index in [9.17, 15) is 33.6 Å². The van der Waals surface area contributed by atoms with E-state index >= 15 is 0 Å². The number of oxazole rings is 1. The molecule has 23 heteroatoms. The second-order valence-electron chi connectivity index (χ2n) is 13.7. The number of thioether (sulfide) groups is 2. The van der Waals surface area contributed by atoms with Crippen LogP contribution in [0, 0.1) is 6.92 Å². The lowest BCUT2D eigenvalue weighted by molar-refractivity contribution is -0.154. The zero-order valence-electron chi connectivity index (χ0n) is 34.2. The van der Waals surface area contributed by atoms with Gasteiger partial charge in [-0.15, -0.1) is 33.6 Å². The van der Waals surface area contributed by atoms with Crippen LogP contribution in [0.1, 0.15) is 46.4 Å². The summed E-state index contributed by atoms with van der Waals surface area (Å²) in [6, 6.07) is 19.2. The lowest BCUT2D eigenvalue weighted by Gasteiger charge is -2.49. The van der Waals surface area contributed by atoms with Gasteiger partial charge >= 0.3 is 29.9 Å². The maximum Gasteiger partial charge on any atom is 0.366 e. The molecule has 4 heterocycles. The first-order chi connectivity index (χ1) is 31.3. The van der Waals surface area contributed by atoms with E-state index in [2.05, 4.69) is 31.0 Å². The normalized spacial score (nSPS) is 15.5. The first-order valence-corrected chi connectivity index (χ1v) is 22.5. The zero-order valence-corrected chi connectivity index (χ0v) is 37.4. The van der Waals surface area contributed by atoms with Gasteiger partial charge in [-0.3, -0.25) is 34.2 Å². The number of β-lactam (4-membered cyclic amide) rings is 1. The molecule has 3 aromatic carbocycles. The lowest BCUT2D eigenvalue weighted by Crippen LogP contribution is -2.70. The Morgan fingerprint density at radius 1 is 0.969 bits per heavy atom. The van der Waals surface area contributed by atoms with Gasteiger partial charge in [-0.25, -0.2) is 9.59 Å². The van der Waals surface area contributed by atoms with Crippen LogP contribution < -0.4 is 20.1 Å². The van der Waals surface area contributed by atoms with E-state index in [-0.39, 0.29) is 34.3 Å². The number of hydrogen-bond acceptors (Lipinski definition) is 19. The highest BCUT2D eigenvalue weighted by Crippen LogP contribution is 2.44. The summed E-state index contributed by atoms with van der Waals surface area (Å²) >= 11 is 9.65. The van der Waals surface area contributed by atoms with Crippen LogP contribution in [0.3, 0.4) is 0 Å². The molecule has 2 aliphatic heterocycles. The minimum atomic E-state index is -1.21. The van der Waals surface area contributed by atoms with E-state index < -0.39 is 70.7 Å². The predicted octanol–water partition coefficient (Wildman–Crippen LogP) is 5.45. The summed E-state index contributed by atoms with van der Waals surface area (Å²) in [6.07, 6.45) is 0.828. The number of esters is 3. The van der Waals surface area contributed by atoms with Gasteiger partial charge in [0, 0.05) is 25.4 Å². The largest absolute Gasteiger partial charge is 0.448 e. The molecule has 0 saturated carbocycles. The number of fused-ring (bicyclic) bond motifs is 1. The van der Waals surface area contributed by atoms with Crippen molar-refractivity contribution in [2.24, 2.45) is 5.16 Å². The fourth-order valence-corrected chi connectivity index (χ4v) is 9.81. The van der Waals surface area contributed by atoms with Gasteiger partial charge in [-0.2, -0.15) is 4.98 Å². The number of halogens is 1. The quantitative estimate of drug-likeness (QED) is 0.0182. The number of amides is 3. The minimum absolute atomic E-state index is 0.0572. The van der Waals surface area contributed by atoms with Gasteiger partial charge in [0.05, 0.1) is 11.1 Å². The monoisotopic (exact) mass is 959 g/mol. The number of aromatic nitrogens is 3. The highest BCUT2D eigenvalue weighted by molar-refractivity contribution is 8.01. The van der Waals surface area contributed by atoms with Crippen molar-refractivity contribution in [3.63, 3.8) is 0 Å². The number of aryl methyl sites for hydroxylation is 1. The molecular formula is C42H34ClN7O12S3. The molecule has 7 rings (SSSR count). The van der Waals surface area contributed by atoms with E-state index in [4.69, 9.17) is 35.1 Å². The molecule has 2 atom stereocenters. The number of alkyl halides is 1. The SMILES string of the molecule is CC(=O)Oc1ccc(C(=O)ON=CC(=O)N[C@@H]2C(=O)N3C(C(=O)OC(c4ccccc4)c4ccccc4)=C(CSc4nnc(C)s4)CS[C@@H]23)c(-c2coc(NC(=O)CCl)n2)c1OC(C)=O. The van der Waals surface area contributed by atoms with Crippen LogP contribution in [-0.4, -0.2) is 96.7 Å². The van der Waals surface area contributed by atoms with Gasteiger partial charge in [0.2, 0.25) is 5.91 Å². The number of carbonyl (C=O) groups excluding carboxylic acids is 7. The molecule has 1 fully saturated rings. The van der Waals surface area contributed by atoms with Crippen molar-refractivity contribution < 1.29 is 57.0 Å². The number of ether oxygens (including phenoxy) is 3. The van der Waals surface area contributed by atoms with Crippen molar-refractivity contribution in [3.05, 3.63) is 112 Å². The molecule has 1 saturated heterocycles. The number of carbonyl (C=O) groups is 7. The van der Waals surface area contributed by atoms with Crippen LogP contribution in [0.25, 0.3) is 11.3 Å². The minimum Gasteiger partial charge on any atom is -0.448 e. The zero-order chi connectivity index (χ0) is 46.2. The number of anilines is 1. The Hall–Kier alpha value is -6.88. The third-order valence-electron chi connectivity index (χ3n) is 9.12.